The van der Waals surface area contributed by atoms with Gasteiger partial charge >= 0.3 is 5.97 Å². The Bertz CT molecular complexity index is 755. The number of carbonyl (C=O) groups excluding carboxylic acids is 3. The SMILES string of the molecule is CCOC(=O)C=CC(=O)NC(=S)NNC(=O)c1cc(OC)c(OC)c(OC)c1. The summed E-state index contributed by atoms with van der Waals surface area (Å²) in [7, 11) is 4.29. The van der Waals surface area contributed by atoms with Crippen molar-refractivity contribution in [2.45, 2.75) is 6.92 Å². The molecule has 10 nitrogen and oxygen atoms in total. The van der Waals surface area contributed by atoms with Crippen LogP contribution in [0.4, 0.5) is 0 Å². The third kappa shape index (κ3) is 6.76. The van der Waals surface area contributed by atoms with E-state index in [0.717, 1.165) is 12.2 Å². The maximum absolute atomic E-state index is 12.3. The standard InChI is InChI=1S/C17H21N3O7S/c1-5-27-14(22)7-6-13(21)18-17(28)20-19-16(23)10-8-11(24-2)15(26-4)12(9-10)25-3/h6-9H,5H2,1-4H3,(H,19,23)(H2,18,20,21,28). The van der Waals surface area contributed by atoms with Gasteiger partial charge in [-0.1, -0.05) is 0 Å². The number of benzene rings is 1. The molecule has 0 aliphatic carbocycles. The molecule has 0 aliphatic rings. The fraction of sp³-hybridized carbons (Fsp3) is 0.294. The molecule has 11 heteroatoms. The number of esters is 1. The minimum atomic E-state index is -0.674. The summed E-state index contributed by atoms with van der Waals surface area (Å²) in [6.07, 6.45) is 1.91. The highest BCUT2D eigenvalue weighted by Crippen LogP contribution is 2.38. The number of rotatable bonds is 7. The molecule has 0 aromatic heterocycles. The first kappa shape index (κ1) is 22.7. The lowest BCUT2D eigenvalue weighted by molar-refractivity contribution is -0.137. The molecule has 0 aliphatic heterocycles. The van der Waals surface area contributed by atoms with E-state index in [4.69, 9.17) is 26.4 Å². The van der Waals surface area contributed by atoms with Gasteiger partial charge in [-0.3, -0.25) is 25.8 Å². The monoisotopic (exact) mass is 411 g/mol. The van der Waals surface area contributed by atoms with Crippen molar-refractivity contribution in [3.8, 4) is 17.2 Å². The molecule has 28 heavy (non-hydrogen) atoms. The predicted octanol–water partition coefficient (Wildman–Crippen LogP) is 0.467. The average molecular weight is 411 g/mol. The number of ether oxygens (including phenoxy) is 4. The third-order valence-electron chi connectivity index (χ3n) is 3.11. The highest BCUT2D eigenvalue weighted by atomic mass is 32.1. The molecule has 0 bridgehead atoms. The highest BCUT2D eigenvalue weighted by Gasteiger charge is 2.17. The van der Waals surface area contributed by atoms with Crippen molar-refractivity contribution in [1.29, 1.82) is 0 Å². The molecule has 1 aromatic rings. The van der Waals surface area contributed by atoms with Crippen molar-refractivity contribution in [2.24, 2.45) is 0 Å². The zero-order chi connectivity index (χ0) is 21.1. The molecule has 0 radical (unpaired) electrons. The van der Waals surface area contributed by atoms with E-state index < -0.39 is 17.8 Å². The van der Waals surface area contributed by atoms with E-state index in [-0.39, 0.29) is 17.3 Å². The molecule has 0 atom stereocenters. The van der Waals surface area contributed by atoms with Crippen LogP contribution in [0.25, 0.3) is 0 Å². The molecule has 1 rings (SSSR count). The summed E-state index contributed by atoms with van der Waals surface area (Å²) in [4.78, 5) is 35.0. The first-order valence-electron chi connectivity index (χ1n) is 7.92. The van der Waals surface area contributed by atoms with Crippen LogP contribution in [-0.2, 0) is 14.3 Å². The normalized spacial score (nSPS) is 10.0. The van der Waals surface area contributed by atoms with Crippen LogP contribution in [0.1, 0.15) is 17.3 Å². The Morgan fingerprint density at radius 1 is 1.00 bits per heavy atom. The number of thiocarbonyl (C=S) groups is 1. The summed E-state index contributed by atoms with van der Waals surface area (Å²) < 4.78 is 20.2. The first-order valence-corrected chi connectivity index (χ1v) is 8.33. The molecule has 0 fully saturated rings. The molecule has 0 heterocycles. The molecule has 0 spiro atoms. The van der Waals surface area contributed by atoms with Crippen molar-refractivity contribution in [3.05, 3.63) is 29.8 Å². The third-order valence-corrected chi connectivity index (χ3v) is 3.31. The van der Waals surface area contributed by atoms with E-state index in [0.29, 0.717) is 17.2 Å². The molecule has 1 aromatic carbocycles. The van der Waals surface area contributed by atoms with Gasteiger partial charge in [0.1, 0.15) is 0 Å². The molecule has 0 saturated heterocycles. The van der Waals surface area contributed by atoms with Gasteiger partial charge in [-0.2, -0.15) is 0 Å². The minimum Gasteiger partial charge on any atom is -0.493 e. The lowest BCUT2D eigenvalue weighted by Crippen LogP contribution is -2.48. The fourth-order valence-corrected chi connectivity index (χ4v) is 2.07. The van der Waals surface area contributed by atoms with Gasteiger partial charge in [0.05, 0.1) is 27.9 Å². The fourth-order valence-electron chi connectivity index (χ4n) is 1.92. The Balaban J connectivity index is 2.68. The maximum atomic E-state index is 12.3. The van der Waals surface area contributed by atoms with E-state index in [9.17, 15) is 14.4 Å². The summed E-state index contributed by atoms with van der Waals surface area (Å²) in [5, 5.41) is 2.07. The predicted molar refractivity (Wildman–Crippen MR) is 103 cm³/mol. The molecule has 3 N–H and O–H groups in total. The van der Waals surface area contributed by atoms with E-state index >= 15 is 0 Å². The van der Waals surface area contributed by atoms with Crippen LogP contribution in [-0.4, -0.2) is 50.8 Å². The van der Waals surface area contributed by atoms with Gasteiger partial charge in [-0.05, 0) is 31.3 Å². The summed E-state index contributed by atoms with van der Waals surface area (Å²) >= 11 is 4.89. The first-order chi connectivity index (χ1) is 13.4. The van der Waals surface area contributed by atoms with Gasteiger partial charge in [-0.25, -0.2) is 4.79 Å². The van der Waals surface area contributed by atoms with Crippen molar-refractivity contribution >= 4 is 35.1 Å². The van der Waals surface area contributed by atoms with Gasteiger partial charge in [-0.15, -0.1) is 0 Å². The number of carbonyl (C=O) groups is 3. The van der Waals surface area contributed by atoms with Gasteiger partial charge in [0.25, 0.3) is 5.91 Å². The topological polar surface area (TPSA) is 124 Å². The van der Waals surface area contributed by atoms with Gasteiger partial charge < -0.3 is 18.9 Å². The van der Waals surface area contributed by atoms with Crippen molar-refractivity contribution in [3.63, 3.8) is 0 Å². The number of amides is 2. The Kier molecular flexibility index (Phi) is 9.23. The largest absolute Gasteiger partial charge is 0.493 e. The second-order valence-corrected chi connectivity index (χ2v) is 5.31. The maximum Gasteiger partial charge on any atom is 0.330 e. The summed E-state index contributed by atoms with van der Waals surface area (Å²) in [6, 6.07) is 2.89. The van der Waals surface area contributed by atoms with Gasteiger partial charge in [0.15, 0.2) is 16.6 Å². The Morgan fingerprint density at radius 2 is 1.61 bits per heavy atom. The second-order valence-electron chi connectivity index (χ2n) is 4.90. The highest BCUT2D eigenvalue weighted by molar-refractivity contribution is 7.80. The van der Waals surface area contributed by atoms with Crippen LogP contribution < -0.4 is 30.4 Å². The molecule has 152 valence electrons. The lowest BCUT2D eigenvalue weighted by atomic mass is 10.1. The Hall–Kier alpha value is -3.34. The van der Waals surface area contributed by atoms with Crippen LogP contribution in [0.2, 0.25) is 0 Å². The van der Waals surface area contributed by atoms with Crippen LogP contribution in [0.5, 0.6) is 17.2 Å². The number of hydrazine groups is 1. The second kappa shape index (κ2) is 11.4. The van der Waals surface area contributed by atoms with Crippen molar-refractivity contribution in [2.75, 3.05) is 27.9 Å². The molecule has 0 unspecified atom stereocenters. The number of hydrogen-bond donors (Lipinski definition) is 3. The van der Waals surface area contributed by atoms with Gasteiger partial charge in [0, 0.05) is 17.7 Å². The summed E-state index contributed by atoms with van der Waals surface area (Å²) in [5.74, 6) is -0.970. The van der Waals surface area contributed by atoms with Crippen molar-refractivity contribution < 1.29 is 33.3 Å². The number of nitrogens with one attached hydrogen (secondary N) is 3. The van der Waals surface area contributed by atoms with Crippen LogP contribution in [0.15, 0.2) is 24.3 Å². The van der Waals surface area contributed by atoms with E-state index in [1.54, 1.807) is 6.92 Å². The Labute approximate surface area is 167 Å². The van der Waals surface area contributed by atoms with E-state index in [2.05, 4.69) is 20.9 Å². The Morgan fingerprint density at radius 3 is 2.11 bits per heavy atom. The van der Waals surface area contributed by atoms with Crippen LogP contribution in [0.3, 0.4) is 0 Å². The smallest absolute Gasteiger partial charge is 0.330 e. The summed E-state index contributed by atoms with van der Waals surface area (Å²) in [6.45, 7) is 1.83. The molecular weight excluding hydrogens is 390 g/mol. The average Bonchev–Trinajstić information content (AvgIpc) is 2.69. The number of methoxy groups -OCH3 is 3. The van der Waals surface area contributed by atoms with Crippen LogP contribution in [0, 0.1) is 0 Å². The summed E-state index contributed by atoms with van der Waals surface area (Å²) in [5.41, 5.74) is 4.87. The molecule has 2 amide bonds. The van der Waals surface area contributed by atoms with Crippen molar-refractivity contribution in [1.82, 2.24) is 16.2 Å². The molecule has 0 saturated carbocycles. The number of hydrogen-bond acceptors (Lipinski definition) is 8. The zero-order valence-corrected chi connectivity index (χ0v) is 16.6. The molecular formula is C17H21N3O7S. The zero-order valence-electron chi connectivity index (χ0n) is 15.8. The van der Waals surface area contributed by atoms with E-state index in [1.807, 2.05) is 0 Å². The van der Waals surface area contributed by atoms with E-state index in [1.165, 1.54) is 33.5 Å². The minimum absolute atomic E-state index is 0.181. The van der Waals surface area contributed by atoms with Gasteiger partial charge in [0.2, 0.25) is 11.7 Å². The quantitative estimate of drug-likeness (QED) is 0.254. The lowest BCUT2D eigenvalue weighted by Gasteiger charge is -2.14. The van der Waals surface area contributed by atoms with Crippen LogP contribution >= 0.6 is 12.2 Å².